The molecule has 2 atom stereocenters. The van der Waals surface area contributed by atoms with E-state index in [-0.39, 0.29) is 12.0 Å². The highest BCUT2D eigenvalue weighted by Gasteiger charge is 2.22. The second kappa shape index (κ2) is 6.57. The summed E-state index contributed by atoms with van der Waals surface area (Å²) in [7, 11) is 0. The van der Waals surface area contributed by atoms with Crippen molar-refractivity contribution in [2.45, 2.75) is 38.2 Å². The molecule has 19 heavy (non-hydrogen) atoms. The molecule has 1 saturated carbocycles. The Morgan fingerprint density at radius 3 is 2.68 bits per heavy atom. The molecular weight excluding hydrogens is 240 g/mol. The topological polar surface area (TPSA) is 75.4 Å². The first kappa shape index (κ1) is 13.9. The fourth-order valence-corrected chi connectivity index (χ4v) is 2.52. The van der Waals surface area contributed by atoms with Crippen LogP contribution in [-0.4, -0.2) is 23.7 Å². The van der Waals surface area contributed by atoms with Crippen molar-refractivity contribution in [3.8, 4) is 0 Å². The van der Waals surface area contributed by atoms with Gasteiger partial charge in [0.25, 0.3) is 0 Å². The van der Waals surface area contributed by atoms with Crippen molar-refractivity contribution in [3.63, 3.8) is 0 Å². The Bertz CT molecular complexity index is 417. The molecule has 1 amide bonds. The molecule has 0 radical (unpaired) electrons. The van der Waals surface area contributed by atoms with Gasteiger partial charge in [0.2, 0.25) is 5.91 Å². The number of nitrogen functional groups attached to an aromatic ring is 1. The number of benzene rings is 1. The van der Waals surface area contributed by atoms with E-state index in [4.69, 9.17) is 5.73 Å². The van der Waals surface area contributed by atoms with Gasteiger partial charge in [-0.05, 0) is 49.3 Å². The summed E-state index contributed by atoms with van der Waals surface area (Å²) in [6, 6.07) is 7.62. The zero-order chi connectivity index (χ0) is 13.7. The Morgan fingerprint density at radius 2 is 2.05 bits per heavy atom. The number of nitrogens with two attached hydrogens (primary N) is 1. The first-order chi connectivity index (χ1) is 9.13. The zero-order valence-electron chi connectivity index (χ0n) is 11.1. The monoisotopic (exact) mass is 262 g/mol. The Kier molecular flexibility index (Phi) is 4.80. The predicted molar refractivity (Wildman–Crippen MR) is 75.5 cm³/mol. The highest BCUT2D eigenvalue weighted by Crippen LogP contribution is 2.24. The number of aryl methyl sites for hydroxylation is 1. The van der Waals surface area contributed by atoms with Crippen molar-refractivity contribution in [1.29, 1.82) is 0 Å². The van der Waals surface area contributed by atoms with Crippen LogP contribution in [0.3, 0.4) is 0 Å². The molecule has 0 bridgehead atoms. The predicted octanol–water partition coefficient (Wildman–Crippen LogP) is 1.48. The molecule has 4 heteroatoms. The van der Waals surface area contributed by atoms with Crippen LogP contribution in [0.25, 0.3) is 0 Å². The third-order valence-corrected chi connectivity index (χ3v) is 3.72. The van der Waals surface area contributed by atoms with E-state index in [1.807, 2.05) is 24.3 Å². The summed E-state index contributed by atoms with van der Waals surface area (Å²) in [5.74, 6) is 0.522. The second-order valence-corrected chi connectivity index (χ2v) is 5.38. The maximum absolute atomic E-state index is 11.7. The summed E-state index contributed by atoms with van der Waals surface area (Å²) in [5.41, 5.74) is 7.48. The van der Waals surface area contributed by atoms with Crippen molar-refractivity contribution in [3.05, 3.63) is 29.8 Å². The summed E-state index contributed by atoms with van der Waals surface area (Å²) >= 11 is 0. The molecule has 0 saturated heterocycles. The first-order valence-electron chi connectivity index (χ1n) is 6.92. The third-order valence-electron chi connectivity index (χ3n) is 3.72. The fourth-order valence-electron chi connectivity index (χ4n) is 2.52. The van der Waals surface area contributed by atoms with Gasteiger partial charge in [-0.2, -0.15) is 0 Å². The smallest absolute Gasteiger partial charge is 0.220 e. The van der Waals surface area contributed by atoms with Crippen LogP contribution < -0.4 is 11.1 Å². The van der Waals surface area contributed by atoms with Gasteiger partial charge in [0.05, 0.1) is 6.10 Å². The van der Waals surface area contributed by atoms with Crippen LogP contribution >= 0.6 is 0 Å². The van der Waals surface area contributed by atoms with Crippen LogP contribution in [0, 0.1) is 5.92 Å². The Balaban J connectivity index is 1.65. The number of hydrogen-bond donors (Lipinski definition) is 3. The summed E-state index contributed by atoms with van der Waals surface area (Å²) in [6.07, 6.45) is 3.76. The van der Waals surface area contributed by atoms with E-state index >= 15 is 0 Å². The lowest BCUT2D eigenvalue weighted by Gasteiger charge is -2.10. The summed E-state index contributed by atoms with van der Waals surface area (Å²) in [6.45, 7) is 0.692. The molecule has 2 rings (SSSR count). The van der Waals surface area contributed by atoms with Gasteiger partial charge < -0.3 is 16.2 Å². The molecule has 4 N–H and O–H groups in total. The molecule has 1 aromatic rings. The molecule has 0 aliphatic heterocycles. The number of hydrogen-bond acceptors (Lipinski definition) is 3. The molecule has 0 aromatic heterocycles. The van der Waals surface area contributed by atoms with Gasteiger partial charge in [-0.3, -0.25) is 4.79 Å². The largest absolute Gasteiger partial charge is 0.399 e. The quantitative estimate of drug-likeness (QED) is 0.704. The van der Waals surface area contributed by atoms with Crippen molar-refractivity contribution >= 4 is 11.6 Å². The van der Waals surface area contributed by atoms with Crippen LogP contribution in [-0.2, 0) is 11.2 Å². The zero-order valence-corrected chi connectivity index (χ0v) is 11.1. The summed E-state index contributed by atoms with van der Waals surface area (Å²) in [5, 5.41) is 12.4. The van der Waals surface area contributed by atoms with E-state index in [2.05, 4.69) is 5.32 Å². The van der Waals surface area contributed by atoms with Gasteiger partial charge in [0, 0.05) is 18.7 Å². The molecule has 1 fully saturated rings. The number of aliphatic hydroxyl groups excluding tert-OH is 1. The molecule has 1 aliphatic rings. The molecule has 1 aromatic carbocycles. The SMILES string of the molecule is Nc1ccc(CCC(=O)NCC2CCC(O)C2)cc1. The highest BCUT2D eigenvalue weighted by atomic mass is 16.3. The number of amides is 1. The van der Waals surface area contributed by atoms with Crippen LogP contribution in [0.5, 0.6) is 0 Å². The van der Waals surface area contributed by atoms with E-state index in [1.165, 1.54) is 0 Å². The normalized spacial score (nSPS) is 22.4. The van der Waals surface area contributed by atoms with Gasteiger partial charge in [0.1, 0.15) is 0 Å². The lowest BCUT2D eigenvalue weighted by Crippen LogP contribution is -2.28. The Morgan fingerprint density at radius 1 is 1.32 bits per heavy atom. The maximum Gasteiger partial charge on any atom is 0.220 e. The molecule has 104 valence electrons. The minimum atomic E-state index is -0.170. The van der Waals surface area contributed by atoms with Gasteiger partial charge in [-0.15, -0.1) is 0 Å². The van der Waals surface area contributed by atoms with E-state index in [1.54, 1.807) is 0 Å². The molecule has 0 heterocycles. The van der Waals surface area contributed by atoms with Crippen LogP contribution in [0.4, 0.5) is 5.69 Å². The van der Waals surface area contributed by atoms with Gasteiger partial charge in [0.15, 0.2) is 0 Å². The van der Waals surface area contributed by atoms with Crippen molar-refractivity contribution in [1.82, 2.24) is 5.32 Å². The van der Waals surface area contributed by atoms with Crippen LogP contribution in [0.1, 0.15) is 31.2 Å². The molecule has 2 unspecified atom stereocenters. The Labute approximate surface area is 114 Å². The average molecular weight is 262 g/mol. The number of anilines is 1. The van der Waals surface area contributed by atoms with Crippen molar-refractivity contribution in [2.24, 2.45) is 5.92 Å². The highest BCUT2D eigenvalue weighted by molar-refractivity contribution is 5.76. The molecule has 4 nitrogen and oxygen atoms in total. The van der Waals surface area contributed by atoms with Crippen LogP contribution in [0.2, 0.25) is 0 Å². The van der Waals surface area contributed by atoms with Crippen molar-refractivity contribution in [2.75, 3.05) is 12.3 Å². The van der Waals surface area contributed by atoms with E-state index < -0.39 is 0 Å². The minimum Gasteiger partial charge on any atom is -0.399 e. The number of nitrogens with one attached hydrogen (secondary N) is 1. The third kappa shape index (κ3) is 4.56. The number of carbonyl (C=O) groups excluding carboxylic acids is 1. The molecule has 0 spiro atoms. The second-order valence-electron chi connectivity index (χ2n) is 5.38. The molecular formula is C15H22N2O2. The molecule has 1 aliphatic carbocycles. The Hall–Kier alpha value is -1.55. The fraction of sp³-hybridized carbons (Fsp3) is 0.533. The number of aliphatic hydroxyl groups is 1. The lowest BCUT2D eigenvalue weighted by atomic mass is 10.1. The van der Waals surface area contributed by atoms with E-state index in [0.717, 1.165) is 36.9 Å². The van der Waals surface area contributed by atoms with E-state index in [0.29, 0.717) is 18.9 Å². The van der Waals surface area contributed by atoms with Gasteiger partial charge in [-0.25, -0.2) is 0 Å². The lowest BCUT2D eigenvalue weighted by molar-refractivity contribution is -0.121. The standard InChI is InChI=1S/C15H22N2O2/c16-13-5-1-11(2-6-13)4-8-15(19)17-10-12-3-7-14(18)9-12/h1-2,5-6,12,14,18H,3-4,7-10,16H2,(H,17,19). The summed E-state index contributed by atoms with van der Waals surface area (Å²) in [4.78, 5) is 11.7. The number of rotatable bonds is 5. The maximum atomic E-state index is 11.7. The van der Waals surface area contributed by atoms with Crippen LogP contribution in [0.15, 0.2) is 24.3 Å². The van der Waals surface area contributed by atoms with E-state index in [9.17, 15) is 9.90 Å². The first-order valence-corrected chi connectivity index (χ1v) is 6.92. The summed E-state index contributed by atoms with van der Waals surface area (Å²) < 4.78 is 0. The van der Waals surface area contributed by atoms with Crippen molar-refractivity contribution < 1.29 is 9.90 Å². The number of carbonyl (C=O) groups is 1. The average Bonchev–Trinajstić information content (AvgIpc) is 2.81. The minimum absolute atomic E-state index is 0.0817. The van der Waals surface area contributed by atoms with Gasteiger partial charge in [-0.1, -0.05) is 12.1 Å². The van der Waals surface area contributed by atoms with Gasteiger partial charge >= 0.3 is 0 Å².